The van der Waals surface area contributed by atoms with E-state index in [4.69, 9.17) is 0 Å². The molecule has 0 atom stereocenters. The summed E-state index contributed by atoms with van der Waals surface area (Å²) in [5, 5.41) is 8.09. The second kappa shape index (κ2) is 7.35. The van der Waals surface area contributed by atoms with Crippen LogP contribution in [0.15, 0.2) is 12.1 Å². The summed E-state index contributed by atoms with van der Waals surface area (Å²) in [6, 6.07) is 3.42. The van der Waals surface area contributed by atoms with Crippen molar-refractivity contribution in [2.75, 3.05) is 25.5 Å². The van der Waals surface area contributed by atoms with Gasteiger partial charge < -0.3 is 16.0 Å². The van der Waals surface area contributed by atoms with Crippen molar-refractivity contribution in [3.8, 4) is 0 Å². The molecule has 0 fully saturated rings. The number of likely N-dealkylation sites (N-methyl/N-ethyl adjacent to an activating group) is 1. The molecule has 0 aliphatic rings. The minimum atomic E-state index is -0.278. The van der Waals surface area contributed by atoms with E-state index < -0.39 is 0 Å². The molecule has 3 N–H and O–H groups in total. The highest BCUT2D eigenvalue weighted by molar-refractivity contribution is 5.97. The predicted molar refractivity (Wildman–Crippen MR) is 74.2 cm³/mol. The highest BCUT2D eigenvalue weighted by atomic mass is 16.2. The second-order valence-corrected chi connectivity index (χ2v) is 3.97. The maximum atomic E-state index is 11.9. The van der Waals surface area contributed by atoms with Crippen LogP contribution in [0, 0.1) is 0 Å². The Labute approximate surface area is 113 Å². The first kappa shape index (κ1) is 14.9. The molecule has 0 bridgehead atoms. The number of pyridine rings is 1. The summed E-state index contributed by atoms with van der Waals surface area (Å²) in [5.41, 5.74) is 1.34. The van der Waals surface area contributed by atoms with Crippen molar-refractivity contribution in [3.63, 3.8) is 0 Å². The van der Waals surface area contributed by atoms with Gasteiger partial charge in [0.2, 0.25) is 5.91 Å². The Morgan fingerprint density at radius 1 is 1.26 bits per heavy atom. The fourth-order valence-corrected chi connectivity index (χ4v) is 1.52. The van der Waals surface area contributed by atoms with E-state index in [0.717, 1.165) is 18.7 Å². The molecule has 0 saturated heterocycles. The number of hydrogen-bond acceptors (Lipinski definition) is 4. The average Bonchev–Trinajstić information content (AvgIpc) is 2.44. The van der Waals surface area contributed by atoms with Gasteiger partial charge in [0.15, 0.2) is 0 Å². The number of carbonyl (C=O) groups excluding carboxylic acids is 2. The van der Waals surface area contributed by atoms with Gasteiger partial charge in [0.25, 0.3) is 5.91 Å². The highest BCUT2D eigenvalue weighted by Gasteiger charge is 2.10. The summed E-state index contributed by atoms with van der Waals surface area (Å²) in [4.78, 5) is 27.4. The second-order valence-electron chi connectivity index (χ2n) is 3.97. The minimum Gasteiger partial charge on any atom is -0.370 e. The molecule has 2 amide bonds. The zero-order chi connectivity index (χ0) is 14.3. The Bertz CT molecular complexity index is 460. The van der Waals surface area contributed by atoms with E-state index in [1.165, 1.54) is 7.05 Å². The Hall–Kier alpha value is -2.11. The number of aromatic nitrogens is 1. The zero-order valence-corrected chi connectivity index (χ0v) is 11.5. The summed E-state index contributed by atoms with van der Waals surface area (Å²) in [6.45, 7) is 4.64. The number of rotatable bonds is 6. The summed E-state index contributed by atoms with van der Waals surface area (Å²) in [7, 11) is 1.53. The van der Waals surface area contributed by atoms with Crippen molar-refractivity contribution >= 4 is 17.6 Å². The molecule has 1 heterocycles. The monoisotopic (exact) mass is 264 g/mol. The first-order chi connectivity index (χ1) is 9.10. The van der Waals surface area contributed by atoms with Crippen molar-refractivity contribution in [3.05, 3.63) is 23.4 Å². The maximum absolute atomic E-state index is 11.9. The standard InChI is InChI=1S/C13H20N4O2/c1-4-10-6-9(7-11(17-10)15-5-2)13(19)16-8-12(18)14-3/h6-7H,4-5,8H2,1-3H3,(H,14,18)(H,15,17)(H,16,19). The quantitative estimate of drug-likeness (QED) is 0.700. The van der Waals surface area contributed by atoms with Gasteiger partial charge in [-0.1, -0.05) is 6.92 Å². The zero-order valence-electron chi connectivity index (χ0n) is 11.5. The van der Waals surface area contributed by atoms with E-state index in [0.29, 0.717) is 11.4 Å². The van der Waals surface area contributed by atoms with Crippen LogP contribution in [0.5, 0.6) is 0 Å². The number of carbonyl (C=O) groups is 2. The fraction of sp³-hybridized carbons (Fsp3) is 0.462. The molecular formula is C13H20N4O2. The van der Waals surface area contributed by atoms with Gasteiger partial charge in [0, 0.05) is 24.8 Å². The molecule has 0 aliphatic carbocycles. The van der Waals surface area contributed by atoms with Crippen LogP contribution in [0.2, 0.25) is 0 Å². The van der Waals surface area contributed by atoms with Crippen LogP contribution in [0.1, 0.15) is 29.9 Å². The van der Waals surface area contributed by atoms with Crippen LogP contribution in [-0.4, -0.2) is 36.9 Å². The Balaban J connectivity index is 2.83. The fourth-order valence-electron chi connectivity index (χ4n) is 1.52. The van der Waals surface area contributed by atoms with Gasteiger partial charge in [-0.25, -0.2) is 4.98 Å². The van der Waals surface area contributed by atoms with Crippen molar-refractivity contribution in [1.29, 1.82) is 0 Å². The molecule has 1 aromatic rings. The molecule has 0 aromatic carbocycles. The lowest BCUT2D eigenvalue weighted by molar-refractivity contribution is -0.119. The summed E-state index contributed by atoms with van der Waals surface area (Å²) < 4.78 is 0. The van der Waals surface area contributed by atoms with Crippen LogP contribution in [0.3, 0.4) is 0 Å². The minimum absolute atomic E-state index is 0.0321. The Morgan fingerprint density at radius 2 is 2.00 bits per heavy atom. The van der Waals surface area contributed by atoms with Crippen molar-refractivity contribution in [2.45, 2.75) is 20.3 Å². The summed E-state index contributed by atoms with van der Waals surface area (Å²) in [6.07, 6.45) is 0.745. The summed E-state index contributed by atoms with van der Waals surface area (Å²) in [5.74, 6) is 0.164. The number of anilines is 1. The lowest BCUT2D eigenvalue weighted by atomic mass is 10.2. The van der Waals surface area contributed by atoms with Crippen LogP contribution in [0.25, 0.3) is 0 Å². The molecule has 19 heavy (non-hydrogen) atoms. The normalized spacial score (nSPS) is 9.84. The third kappa shape index (κ3) is 4.57. The van der Waals surface area contributed by atoms with Crippen LogP contribution < -0.4 is 16.0 Å². The van der Waals surface area contributed by atoms with E-state index in [1.54, 1.807) is 12.1 Å². The molecule has 0 radical (unpaired) electrons. The molecule has 1 aromatic heterocycles. The largest absolute Gasteiger partial charge is 0.370 e. The summed E-state index contributed by atoms with van der Waals surface area (Å²) >= 11 is 0. The Morgan fingerprint density at radius 3 is 2.58 bits per heavy atom. The average molecular weight is 264 g/mol. The molecule has 0 spiro atoms. The van der Waals surface area contributed by atoms with Crippen molar-refractivity contribution < 1.29 is 9.59 Å². The number of aryl methyl sites for hydroxylation is 1. The first-order valence-corrected chi connectivity index (χ1v) is 6.34. The van der Waals surface area contributed by atoms with E-state index in [-0.39, 0.29) is 18.4 Å². The van der Waals surface area contributed by atoms with Gasteiger partial charge in [-0.3, -0.25) is 9.59 Å². The third-order valence-electron chi connectivity index (χ3n) is 2.55. The van der Waals surface area contributed by atoms with E-state index in [1.807, 2.05) is 13.8 Å². The number of nitrogens with one attached hydrogen (secondary N) is 3. The van der Waals surface area contributed by atoms with Gasteiger partial charge in [-0.05, 0) is 25.5 Å². The molecule has 104 valence electrons. The molecule has 1 rings (SSSR count). The first-order valence-electron chi connectivity index (χ1n) is 6.34. The molecule has 0 aliphatic heterocycles. The molecular weight excluding hydrogens is 244 g/mol. The van der Waals surface area contributed by atoms with E-state index in [9.17, 15) is 9.59 Å². The smallest absolute Gasteiger partial charge is 0.251 e. The number of nitrogens with zero attached hydrogens (tertiary/aromatic N) is 1. The van der Waals surface area contributed by atoms with Crippen LogP contribution in [-0.2, 0) is 11.2 Å². The van der Waals surface area contributed by atoms with E-state index >= 15 is 0 Å². The molecule has 0 unspecified atom stereocenters. The van der Waals surface area contributed by atoms with Crippen LogP contribution >= 0.6 is 0 Å². The van der Waals surface area contributed by atoms with Crippen molar-refractivity contribution in [1.82, 2.24) is 15.6 Å². The topological polar surface area (TPSA) is 83.1 Å². The Kier molecular flexibility index (Phi) is 5.78. The lowest BCUT2D eigenvalue weighted by Crippen LogP contribution is -2.35. The van der Waals surface area contributed by atoms with Gasteiger partial charge in [-0.2, -0.15) is 0 Å². The molecule has 6 heteroatoms. The molecule has 6 nitrogen and oxygen atoms in total. The van der Waals surface area contributed by atoms with Gasteiger partial charge in [-0.15, -0.1) is 0 Å². The van der Waals surface area contributed by atoms with E-state index in [2.05, 4.69) is 20.9 Å². The third-order valence-corrected chi connectivity index (χ3v) is 2.55. The number of hydrogen-bond donors (Lipinski definition) is 3. The lowest BCUT2D eigenvalue weighted by Gasteiger charge is -2.09. The van der Waals surface area contributed by atoms with Gasteiger partial charge in [0.1, 0.15) is 5.82 Å². The van der Waals surface area contributed by atoms with Gasteiger partial charge in [0.05, 0.1) is 6.54 Å². The van der Waals surface area contributed by atoms with Crippen molar-refractivity contribution in [2.24, 2.45) is 0 Å². The number of amides is 2. The SMILES string of the molecule is CCNc1cc(C(=O)NCC(=O)NC)cc(CC)n1. The highest BCUT2D eigenvalue weighted by Crippen LogP contribution is 2.11. The maximum Gasteiger partial charge on any atom is 0.251 e. The predicted octanol–water partition coefficient (Wildman–Crippen LogP) is 0.552. The van der Waals surface area contributed by atoms with Crippen LogP contribution in [0.4, 0.5) is 5.82 Å². The molecule has 0 saturated carbocycles. The van der Waals surface area contributed by atoms with Gasteiger partial charge >= 0.3 is 0 Å².